The lowest BCUT2D eigenvalue weighted by atomic mass is 10.0. The SMILES string of the molecule is CC(C)Cc1ccc(CN2CCC[C@H](NC(=O)c3ccc4c(c3)no[n+]4[O-])C2)cc1. The van der Waals surface area contributed by atoms with Crippen molar-refractivity contribution in [3.63, 3.8) is 0 Å². The van der Waals surface area contributed by atoms with Crippen molar-refractivity contribution >= 4 is 16.9 Å². The van der Waals surface area contributed by atoms with Crippen molar-refractivity contribution < 1.29 is 14.3 Å². The highest BCUT2D eigenvalue weighted by atomic mass is 16.8. The molecule has 1 aliphatic rings. The van der Waals surface area contributed by atoms with Crippen molar-refractivity contribution in [2.45, 2.75) is 45.7 Å². The molecule has 158 valence electrons. The second-order valence-electron chi connectivity index (χ2n) is 8.60. The van der Waals surface area contributed by atoms with Gasteiger partial charge in [-0.3, -0.25) is 14.3 Å². The monoisotopic (exact) mass is 408 g/mol. The van der Waals surface area contributed by atoms with Crippen LogP contribution < -0.4 is 10.2 Å². The van der Waals surface area contributed by atoms with E-state index < -0.39 is 0 Å². The minimum atomic E-state index is -0.151. The second-order valence-corrected chi connectivity index (χ2v) is 8.60. The van der Waals surface area contributed by atoms with Crippen molar-refractivity contribution in [1.29, 1.82) is 0 Å². The first-order valence-electron chi connectivity index (χ1n) is 10.6. The first-order chi connectivity index (χ1) is 14.5. The van der Waals surface area contributed by atoms with E-state index in [0.29, 0.717) is 27.4 Å². The Labute approximate surface area is 176 Å². The Bertz CT molecular complexity index is 1010. The summed E-state index contributed by atoms with van der Waals surface area (Å²) in [6.07, 6.45) is 3.12. The van der Waals surface area contributed by atoms with E-state index in [0.717, 1.165) is 38.9 Å². The Kier molecular flexibility index (Phi) is 5.99. The largest absolute Gasteiger partial charge is 0.359 e. The number of fused-ring (bicyclic) bond motifs is 1. The van der Waals surface area contributed by atoms with Crippen LogP contribution >= 0.6 is 0 Å². The standard InChI is InChI=1S/C23H28N4O3/c1-16(2)12-17-5-7-18(8-6-17)14-26-11-3-4-20(15-26)24-23(28)19-9-10-22-21(13-19)25-30-27(22)29/h5-10,13,16,20H,3-4,11-12,14-15H2,1-2H3,(H,24,28)/t20-/m0/s1. The molecular formula is C23H28N4O3. The molecular weight excluding hydrogens is 380 g/mol. The van der Waals surface area contributed by atoms with Crippen LogP contribution in [-0.4, -0.2) is 35.1 Å². The Morgan fingerprint density at radius 1 is 1.27 bits per heavy atom. The molecule has 1 atom stereocenters. The van der Waals surface area contributed by atoms with Crippen LogP contribution in [0.5, 0.6) is 0 Å². The third-order valence-electron chi connectivity index (χ3n) is 5.56. The van der Waals surface area contributed by atoms with Gasteiger partial charge in [-0.25, -0.2) is 0 Å². The number of likely N-dealkylation sites (tertiary alicyclic amines) is 1. The van der Waals surface area contributed by atoms with Gasteiger partial charge in [0.1, 0.15) is 0 Å². The van der Waals surface area contributed by atoms with E-state index in [1.54, 1.807) is 18.2 Å². The minimum Gasteiger partial charge on any atom is -0.359 e. The predicted molar refractivity (Wildman–Crippen MR) is 114 cm³/mol. The summed E-state index contributed by atoms with van der Waals surface area (Å²) in [5, 5.41) is 18.2. The van der Waals surface area contributed by atoms with Crippen molar-refractivity contribution in [2.75, 3.05) is 13.1 Å². The van der Waals surface area contributed by atoms with Gasteiger partial charge in [0.25, 0.3) is 5.91 Å². The molecule has 4 rings (SSSR count). The average molecular weight is 409 g/mol. The van der Waals surface area contributed by atoms with Crippen LogP contribution in [0.4, 0.5) is 0 Å². The second kappa shape index (κ2) is 8.83. The maximum absolute atomic E-state index is 12.7. The zero-order valence-corrected chi connectivity index (χ0v) is 17.5. The molecule has 1 fully saturated rings. The Morgan fingerprint density at radius 2 is 2.03 bits per heavy atom. The molecule has 7 nitrogen and oxygen atoms in total. The van der Waals surface area contributed by atoms with Crippen LogP contribution in [0.1, 0.15) is 48.2 Å². The normalized spacial score (nSPS) is 17.5. The Hall–Kier alpha value is -2.93. The van der Waals surface area contributed by atoms with Crippen LogP contribution in [0.25, 0.3) is 11.0 Å². The summed E-state index contributed by atoms with van der Waals surface area (Å²) in [6.45, 7) is 7.23. The zero-order chi connectivity index (χ0) is 21.1. The van der Waals surface area contributed by atoms with E-state index in [1.165, 1.54) is 11.1 Å². The van der Waals surface area contributed by atoms with E-state index in [-0.39, 0.29) is 11.9 Å². The van der Waals surface area contributed by atoms with Gasteiger partial charge in [0.05, 0.1) is 0 Å². The van der Waals surface area contributed by atoms with Crippen LogP contribution in [0.2, 0.25) is 0 Å². The van der Waals surface area contributed by atoms with Gasteiger partial charge in [-0.2, -0.15) is 0 Å². The van der Waals surface area contributed by atoms with Gasteiger partial charge in [-0.1, -0.05) is 38.1 Å². The van der Waals surface area contributed by atoms with Crippen LogP contribution in [0.15, 0.2) is 47.1 Å². The maximum atomic E-state index is 12.7. The number of piperidine rings is 1. The minimum absolute atomic E-state index is 0.101. The number of amides is 1. The molecule has 7 heteroatoms. The van der Waals surface area contributed by atoms with Crippen LogP contribution in [0.3, 0.4) is 0 Å². The average Bonchev–Trinajstić information content (AvgIpc) is 3.10. The van der Waals surface area contributed by atoms with Crippen molar-refractivity contribution in [3.8, 4) is 0 Å². The molecule has 1 aromatic heterocycles. The van der Waals surface area contributed by atoms with Gasteiger partial charge in [0, 0.05) is 35.9 Å². The van der Waals surface area contributed by atoms with Gasteiger partial charge in [-0.15, -0.1) is 0 Å². The fourth-order valence-electron chi connectivity index (χ4n) is 4.11. The summed E-state index contributed by atoms with van der Waals surface area (Å²) in [5.41, 5.74) is 3.86. The number of aromatic nitrogens is 2. The molecule has 0 unspecified atom stereocenters. The molecule has 0 bridgehead atoms. The van der Waals surface area contributed by atoms with E-state index in [4.69, 9.17) is 0 Å². The van der Waals surface area contributed by atoms with Gasteiger partial charge in [0.2, 0.25) is 11.0 Å². The summed E-state index contributed by atoms with van der Waals surface area (Å²) in [4.78, 5) is 15.4. The molecule has 0 radical (unpaired) electrons. The number of hydrogen-bond acceptors (Lipinski definition) is 5. The molecule has 1 N–H and O–H groups in total. The summed E-state index contributed by atoms with van der Waals surface area (Å²) in [5.74, 6) is 0.510. The fourth-order valence-corrected chi connectivity index (χ4v) is 4.11. The maximum Gasteiger partial charge on any atom is 0.251 e. The fraction of sp³-hybridized carbons (Fsp3) is 0.435. The van der Waals surface area contributed by atoms with Gasteiger partial charge >= 0.3 is 0 Å². The Morgan fingerprint density at radius 3 is 2.80 bits per heavy atom. The Balaban J connectivity index is 1.34. The number of carbonyl (C=O) groups is 1. The number of carbonyl (C=O) groups excluding carboxylic acids is 1. The molecule has 3 aromatic rings. The molecule has 0 aliphatic carbocycles. The lowest BCUT2D eigenvalue weighted by molar-refractivity contribution is -0.782. The molecule has 2 aromatic carbocycles. The summed E-state index contributed by atoms with van der Waals surface area (Å²) in [7, 11) is 0. The first kappa shape index (κ1) is 20.3. The summed E-state index contributed by atoms with van der Waals surface area (Å²) in [6, 6.07) is 13.8. The molecule has 1 aliphatic heterocycles. The first-order valence-corrected chi connectivity index (χ1v) is 10.6. The smallest absolute Gasteiger partial charge is 0.251 e. The highest BCUT2D eigenvalue weighted by molar-refractivity contribution is 5.97. The lowest BCUT2D eigenvalue weighted by Crippen LogP contribution is -2.47. The molecule has 30 heavy (non-hydrogen) atoms. The van der Waals surface area contributed by atoms with Gasteiger partial charge < -0.3 is 10.5 Å². The predicted octanol–water partition coefficient (Wildman–Crippen LogP) is 3.05. The molecule has 0 saturated carbocycles. The van der Waals surface area contributed by atoms with Crippen LogP contribution in [-0.2, 0) is 13.0 Å². The highest BCUT2D eigenvalue weighted by Gasteiger charge is 2.23. The third kappa shape index (κ3) is 4.79. The number of nitrogens with zero attached hydrogens (tertiary/aromatic N) is 3. The summed E-state index contributed by atoms with van der Waals surface area (Å²) >= 11 is 0. The number of nitrogens with one attached hydrogen (secondary N) is 1. The number of benzene rings is 2. The van der Waals surface area contributed by atoms with Crippen molar-refractivity contribution in [1.82, 2.24) is 15.4 Å². The van der Waals surface area contributed by atoms with Crippen molar-refractivity contribution in [3.05, 3.63) is 64.4 Å². The molecule has 2 heterocycles. The number of rotatable bonds is 6. The van der Waals surface area contributed by atoms with Crippen molar-refractivity contribution in [2.24, 2.45) is 5.92 Å². The lowest BCUT2D eigenvalue weighted by Gasteiger charge is -2.33. The van der Waals surface area contributed by atoms with Gasteiger partial charge in [0.15, 0.2) is 0 Å². The van der Waals surface area contributed by atoms with E-state index >= 15 is 0 Å². The molecule has 0 spiro atoms. The third-order valence-corrected chi connectivity index (χ3v) is 5.56. The highest BCUT2D eigenvalue weighted by Crippen LogP contribution is 2.17. The van der Waals surface area contributed by atoms with E-state index in [9.17, 15) is 10.0 Å². The summed E-state index contributed by atoms with van der Waals surface area (Å²) < 4.78 is 4.57. The van der Waals surface area contributed by atoms with E-state index in [1.807, 2.05) is 0 Å². The molecule has 1 saturated heterocycles. The number of hydrogen-bond donors (Lipinski definition) is 1. The topological polar surface area (TPSA) is 85.3 Å². The quantitative estimate of drug-likeness (QED) is 0.634. The molecule has 1 amide bonds. The zero-order valence-electron chi connectivity index (χ0n) is 17.5. The van der Waals surface area contributed by atoms with Gasteiger partial charge in [-0.05, 0) is 59.9 Å². The van der Waals surface area contributed by atoms with E-state index in [2.05, 4.69) is 58.1 Å². The van der Waals surface area contributed by atoms with Crippen LogP contribution in [0, 0.1) is 11.1 Å².